The fourth-order valence-electron chi connectivity index (χ4n) is 2.88. The number of methoxy groups -OCH3 is 1. The van der Waals surface area contributed by atoms with E-state index >= 15 is 0 Å². The molecule has 0 saturated heterocycles. The zero-order valence-corrected chi connectivity index (χ0v) is 11.7. The second kappa shape index (κ2) is 8.06. The smallest absolute Gasteiger partial charge is 0.0695 e. The summed E-state index contributed by atoms with van der Waals surface area (Å²) in [4.78, 5) is 2.32. The van der Waals surface area contributed by atoms with Crippen LogP contribution in [0.25, 0.3) is 0 Å². The van der Waals surface area contributed by atoms with Gasteiger partial charge < -0.3 is 9.84 Å². The molecule has 0 bridgehead atoms. The van der Waals surface area contributed by atoms with Crippen molar-refractivity contribution in [2.45, 2.75) is 58.1 Å². The fourth-order valence-corrected chi connectivity index (χ4v) is 2.88. The van der Waals surface area contributed by atoms with E-state index in [1.165, 1.54) is 32.1 Å². The zero-order valence-electron chi connectivity index (χ0n) is 11.7. The fraction of sp³-hybridized carbons (Fsp3) is 1.00. The molecule has 0 aromatic carbocycles. The molecule has 2 atom stereocenters. The van der Waals surface area contributed by atoms with Gasteiger partial charge in [-0.1, -0.05) is 26.2 Å². The van der Waals surface area contributed by atoms with E-state index in [9.17, 15) is 5.11 Å². The molecule has 0 aromatic rings. The van der Waals surface area contributed by atoms with Gasteiger partial charge in [0, 0.05) is 19.7 Å². The quantitative estimate of drug-likeness (QED) is 0.744. The van der Waals surface area contributed by atoms with Crippen molar-refractivity contribution in [3.8, 4) is 0 Å². The number of ether oxygens (including phenoxy) is 1. The van der Waals surface area contributed by atoms with Gasteiger partial charge in [0.1, 0.15) is 0 Å². The van der Waals surface area contributed by atoms with Crippen LogP contribution in [0.1, 0.15) is 46.0 Å². The molecule has 1 fully saturated rings. The topological polar surface area (TPSA) is 32.7 Å². The molecule has 1 aliphatic carbocycles. The zero-order chi connectivity index (χ0) is 12.7. The van der Waals surface area contributed by atoms with Gasteiger partial charge in [0.2, 0.25) is 0 Å². The summed E-state index contributed by atoms with van der Waals surface area (Å²) in [6.45, 7) is 6.84. The van der Waals surface area contributed by atoms with Crippen molar-refractivity contribution < 1.29 is 9.84 Å². The second-order valence-corrected chi connectivity index (χ2v) is 5.36. The summed E-state index contributed by atoms with van der Waals surface area (Å²) in [7, 11) is 1.74. The third-order valence-electron chi connectivity index (χ3n) is 4.05. The molecule has 1 saturated carbocycles. The van der Waals surface area contributed by atoms with E-state index in [-0.39, 0.29) is 6.10 Å². The molecule has 0 radical (unpaired) electrons. The number of nitrogens with zero attached hydrogens (tertiary/aromatic N) is 1. The first-order chi connectivity index (χ1) is 8.19. The van der Waals surface area contributed by atoms with Crippen LogP contribution in [0.2, 0.25) is 0 Å². The highest BCUT2D eigenvalue weighted by Gasteiger charge is 2.24. The van der Waals surface area contributed by atoms with Crippen LogP contribution < -0.4 is 0 Å². The third kappa shape index (κ3) is 4.94. The van der Waals surface area contributed by atoms with E-state index in [0.29, 0.717) is 12.0 Å². The molecule has 1 aliphatic rings. The number of likely N-dealkylation sites (N-methyl/N-ethyl adjacent to an activating group) is 1. The number of aliphatic hydroxyl groups is 1. The highest BCUT2D eigenvalue weighted by atomic mass is 16.5. The van der Waals surface area contributed by atoms with Crippen LogP contribution >= 0.6 is 0 Å². The molecule has 0 aromatic heterocycles. The first-order valence-electron chi connectivity index (χ1n) is 7.10. The Labute approximate surface area is 106 Å². The van der Waals surface area contributed by atoms with Crippen molar-refractivity contribution in [2.75, 3.05) is 26.8 Å². The normalized spacial score (nSPS) is 21.7. The molecule has 3 heteroatoms. The molecule has 17 heavy (non-hydrogen) atoms. The molecule has 0 spiro atoms. The lowest BCUT2D eigenvalue weighted by molar-refractivity contribution is 0.0218. The highest BCUT2D eigenvalue weighted by molar-refractivity contribution is 4.77. The molecule has 102 valence electrons. The molecule has 0 heterocycles. The van der Waals surface area contributed by atoms with Crippen LogP contribution in [0.4, 0.5) is 0 Å². The predicted octanol–water partition coefficient (Wildman–Crippen LogP) is 2.28. The van der Waals surface area contributed by atoms with Gasteiger partial charge in [-0.3, -0.25) is 4.90 Å². The molecule has 0 amide bonds. The minimum Gasteiger partial charge on any atom is -0.392 e. The number of rotatable bonds is 7. The molecular weight excluding hydrogens is 214 g/mol. The Morgan fingerprint density at radius 1 is 1.29 bits per heavy atom. The molecule has 1 rings (SSSR count). The lowest BCUT2D eigenvalue weighted by Crippen LogP contribution is -2.43. The molecule has 1 N–H and O–H groups in total. The van der Waals surface area contributed by atoms with Gasteiger partial charge in [-0.05, 0) is 32.2 Å². The maximum Gasteiger partial charge on any atom is 0.0695 e. The summed E-state index contributed by atoms with van der Waals surface area (Å²) in [6, 6.07) is 0.392. The third-order valence-corrected chi connectivity index (χ3v) is 4.05. The van der Waals surface area contributed by atoms with Gasteiger partial charge in [0.25, 0.3) is 0 Å². The van der Waals surface area contributed by atoms with Crippen LogP contribution in [0, 0.1) is 5.92 Å². The van der Waals surface area contributed by atoms with Crippen molar-refractivity contribution in [2.24, 2.45) is 5.92 Å². The highest BCUT2D eigenvalue weighted by Crippen LogP contribution is 2.27. The van der Waals surface area contributed by atoms with Crippen LogP contribution in [0.5, 0.6) is 0 Å². The van der Waals surface area contributed by atoms with E-state index in [1.807, 2.05) is 0 Å². The van der Waals surface area contributed by atoms with Gasteiger partial charge in [-0.15, -0.1) is 0 Å². The summed E-state index contributed by atoms with van der Waals surface area (Å²) in [6.07, 6.45) is 6.19. The average Bonchev–Trinajstić information content (AvgIpc) is 2.37. The summed E-state index contributed by atoms with van der Waals surface area (Å²) < 4.78 is 5.19. The number of hydrogen-bond donors (Lipinski definition) is 1. The summed E-state index contributed by atoms with van der Waals surface area (Å²) in [5.41, 5.74) is 0. The van der Waals surface area contributed by atoms with Crippen molar-refractivity contribution in [1.29, 1.82) is 0 Å². The summed E-state index contributed by atoms with van der Waals surface area (Å²) in [5.74, 6) is 0.521. The Hall–Kier alpha value is -0.120. The van der Waals surface area contributed by atoms with E-state index in [1.54, 1.807) is 7.11 Å². The van der Waals surface area contributed by atoms with Crippen LogP contribution in [-0.2, 0) is 4.74 Å². The van der Waals surface area contributed by atoms with Crippen LogP contribution in [0.15, 0.2) is 0 Å². The van der Waals surface area contributed by atoms with Crippen molar-refractivity contribution in [1.82, 2.24) is 4.90 Å². The lowest BCUT2D eigenvalue weighted by Gasteiger charge is -2.33. The monoisotopic (exact) mass is 243 g/mol. The number of hydrogen-bond acceptors (Lipinski definition) is 3. The molecule has 0 aliphatic heterocycles. The first kappa shape index (κ1) is 14.9. The summed E-state index contributed by atoms with van der Waals surface area (Å²) >= 11 is 0. The molecule has 2 unspecified atom stereocenters. The van der Waals surface area contributed by atoms with Crippen LogP contribution in [-0.4, -0.2) is 49.0 Å². The average molecular weight is 243 g/mol. The Morgan fingerprint density at radius 2 is 1.94 bits per heavy atom. The maximum atomic E-state index is 10.3. The van der Waals surface area contributed by atoms with Crippen molar-refractivity contribution in [3.05, 3.63) is 0 Å². The summed E-state index contributed by atoms with van der Waals surface area (Å²) in [5, 5.41) is 10.3. The largest absolute Gasteiger partial charge is 0.392 e. The first-order valence-corrected chi connectivity index (χ1v) is 7.10. The van der Waals surface area contributed by atoms with E-state index in [2.05, 4.69) is 18.7 Å². The lowest BCUT2D eigenvalue weighted by atomic mass is 9.85. The standard InChI is InChI=1S/C14H29NO2/c1-4-15(12(2)11-17-3)10-14(16)13-8-6-5-7-9-13/h12-14,16H,4-11H2,1-3H3. The Bertz CT molecular complexity index is 193. The Morgan fingerprint density at radius 3 is 2.47 bits per heavy atom. The van der Waals surface area contributed by atoms with Gasteiger partial charge in [0.05, 0.1) is 12.7 Å². The predicted molar refractivity (Wildman–Crippen MR) is 71.2 cm³/mol. The van der Waals surface area contributed by atoms with Gasteiger partial charge in [-0.25, -0.2) is 0 Å². The second-order valence-electron chi connectivity index (χ2n) is 5.36. The van der Waals surface area contributed by atoms with E-state index < -0.39 is 0 Å². The Kier molecular flexibility index (Phi) is 7.09. The van der Waals surface area contributed by atoms with Gasteiger partial charge in [-0.2, -0.15) is 0 Å². The molecule has 3 nitrogen and oxygen atoms in total. The molecular formula is C14H29NO2. The van der Waals surface area contributed by atoms with E-state index in [0.717, 1.165) is 19.7 Å². The SMILES string of the molecule is CCN(CC(O)C1CCCCC1)C(C)COC. The van der Waals surface area contributed by atoms with Crippen LogP contribution in [0.3, 0.4) is 0 Å². The van der Waals surface area contributed by atoms with Crippen molar-refractivity contribution in [3.63, 3.8) is 0 Å². The van der Waals surface area contributed by atoms with Gasteiger partial charge >= 0.3 is 0 Å². The maximum absolute atomic E-state index is 10.3. The van der Waals surface area contributed by atoms with Gasteiger partial charge in [0.15, 0.2) is 0 Å². The minimum atomic E-state index is -0.158. The van der Waals surface area contributed by atoms with Crippen molar-refractivity contribution >= 4 is 0 Å². The Balaban J connectivity index is 2.37. The van der Waals surface area contributed by atoms with E-state index in [4.69, 9.17) is 4.74 Å². The minimum absolute atomic E-state index is 0.158. The number of aliphatic hydroxyl groups excluding tert-OH is 1.